The molecule has 6 nitrogen and oxygen atoms in total. The number of hydrogen-bond acceptors (Lipinski definition) is 4. The summed E-state index contributed by atoms with van der Waals surface area (Å²) in [6.07, 6.45) is -7.56. The van der Waals surface area contributed by atoms with Crippen LogP contribution in [-0.4, -0.2) is 34.8 Å². The number of rotatable bonds is 4. The van der Waals surface area contributed by atoms with E-state index in [1.54, 1.807) is 0 Å². The van der Waals surface area contributed by atoms with Crippen LogP contribution in [0.3, 0.4) is 0 Å². The first-order valence-electron chi connectivity index (χ1n) is 5.10. The number of alkyl halides is 3. The van der Waals surface area contributed by atoms with Gasteiger partial charge in [0.25, 0.3) is 11.6 Å². The van der Waals surface area contributed by atoms with Gasteiger partial charge in [-0.3, -0.25) is 14.9 Å². The van der Waals surface area contributed by atoms with Gasteiger partial charge in [-0.25, -0.2) is 0 Å². The van der Waals surface area contributed by atoms with Crippen LogP contribution in [-0.2, 0) is 0 Å². The van der Waals surface area contributed by atoms with Crippen molar-refractivity contribution in [3.63, 3.8) is 0 Å². The van der Waals surface area contributed by atoms with Crippen LogP contribution in [0.4, 0.5) is 18.9 Å². The lowest BCUT2D eigenvalue weighted by Crippen LogP contribution is -2.40. The molecule has 0 heterocycles. The van der Waals surface area contributed by atoms with Crippen molar-refractivity contribution in [3.05, 3.63) is 38.9 Å². The molecule has 0 aromatic heterocycles. The van der Waals surface area contributed by atoms with E-state index in [0.717, 1.165) is 18.2 Å². The van der Waals surface area contributed by atoms with Crippen LogP contribution >= 0.6 is 11.6 Å². The predicted octanol–water partition coefficient (Wildman–Crippen LogP) is 1.90. The van der Waals surface area contributed by atoms with Crippen LogP contribution in [0.1, 0.15) is 10.4 Å². The third-order valence-corrected chi connectivity index (χ3v) is 2.55. The Balaban J connectivity index is 2.76. The standard InChI is InChI=1S/C10H8ClF3N2O4/c11-7-3-5(16(19)20)1-2-6(7)9(18)15-4-8(17)10(12,13)14/h1-3,8,17H,4H2,(H,15,18). The number of non-ortho nitro benzene ring substituents is 1. The van der Waals surface area contributed by atoms with Crippen molar-refractivity contribution in [1.29, 1.82) is 0 Å². The van der Waals surface area contributed by atoms with Crippen molar-refractivity contribution in [2.45, 2.75) is 12.3 Å². The van der Waals surface area contributed by atoms with E-state index in [4.69, 9.17) is 16.7 Å². The maximum absolute atomic E-state index is 12.0. The van der Waals surface area contributed by atoms with Gasteiger partial charge in [-0.15, -0.1) is 0 Å². The average Bonchev–Trinajstić information content (AvgIpc) is 2.33. The van der Waals surface area contributed by atoms with E-state index in [0.29, 0.717) is 0 Å². The lowest BCUT2D eigenvalue weighted by molar-refractivity contribution is -0.384. The SMILES string of the molecule is O=C(NCC(O)C(F)(F)F)c1ccc([N+](=O)[O-])cc1Cl. The van der Waals surface area contributed by atoms with E-state index < -0.39 is 29.7 Å². The smallest absolute Gasteiger partial charge is 0.382 e. The lowest BCUT2D eigenvalue weighted by Gasteiger charge is -2.15. The molecule has 1 atom stereocenters. The number of nitro groups is 1. The Morgan fingerprint density at radius 2 is 2.10 bits per heavy atom. The van der Waals surface area contributed by atoms with Crippen molar-refractivity contribution in [2.75, 3.05) is 6.54 Å². The summed E-state index contributed by atoms with van der Waals surface area (Å²) < 4.78 is 36.1. The van der Waals surface area contributed by atoms with Crippen molar-refractivity contribution in [3.8, 4) is 0 Å². The van der Waals surface area contributed by atoms with Gasteiger partial charge in [0.2, 0.25) is 0 Å². The van der Waals surface area contributed by atoms with E-state index in [-0.39, 0.29) is 16.3 Å². The third kappa shape index (κ3) is 4.07. The molecule has 110 valence electrons. The summed E-state index contributed by atoms with van der Waals surface area (Å²) in [5.41, 5.74) is -0.589. The monoisotopic (exact) mass is 312 g/mol. The number of amides is 1. The van der Waals surface area contributed by atoms with Crippen LogP contribution in [0.25, 0.3) is 0 Å². The Labute approximate surface area is 115 Å². The summed E-state index contributed by atoms with van der Waals surface area (Å²) >= 11 is 5.62. The van der Waals surface area contributed by atoms with Gasteiger partial charge in [-0.05, 0) is 6.07 Å². The molecule has 1 amide bonds. The molecule has 1 unspecified atom stereocenters. The Bertz CT molecular complexity index is 536. The molecule has 0 radical (unpaired) electrons. The highest BCUT2D eigenvalue weighted by molar-refractivity contribution is 6.34. The van der Waals surface area contributed by atoms with Crippen molar-refractivity contribution in [2.24, 2.45) is 0 Å². The average molecular weight is 313 g/mol. The second-order valence-corrected chi connectivity index (χ2v) is 4.10. The predicted molar refractivity (Wildman–Crippen MR) is 62.5 cm³/mol. The molecule has 1 aromatic carbocycles. The summed E-state index contributed by atoms with van der Waals surface area (Å²) in [7, 11) is 0. The Hall–Kier alpha value is -1.87. The highest BCUT2D eigenvalue weighted by atomic mass is 35.5. The number of aliphatic hydroxyl groups is 1. The van der Waals surface area contributed by atoms with Gasteiger partial charge in [0.1, 0.15) is 0 Å². The quantitative estimate of drug-likeness (QED) is 0.656. The minimum absolute atomic E-state index is 0.230. The highest BCUT2D eigenvalue weighted by Gasteiger charge is 2.38. The van der Waals surface area contributed by atoms with Crippen molar-refractivity contribution >= 4 is 23.2 Å². The van der Waals surface area contributed by atoms with E-state index in [2.05, 4.69) is 0 Å². The maximum Gasteiger partial charge on any atom is 0.416 e. The zero-order valence-electron chi connectivity index (χ0n) is 9.65. The zero-order valence-corrected chi connectivity index (χ0v) is 10.4. The molecule has 1 rings (SSSR count). The van der Waals surface area contributed by atoms with Crippen LogP contribution in [0.2, 0.25) is 5.02 Å². The van der Waals surface area contributed by atoms with Gasteiger partial charge in [0.05, 0.1) is 22.1 Å². The minimum atomic E-state index is -4.85. The van der Waals surface area contributed by atoms with Crippen molar-refractivity contribution in [1.82, 2.24) is 5.32 Å². The number of nitro benzene ring substituents is 1. The molecule has 20 heavy (non-hydrogen) atoms. The summed E-state index contributed by atoms with van der Waals surface area (Å²) in [6.45, 7) is -1.05. The van der Waals surface area contributed by atoms with E-state index in [9.17, 15) is 28.1 Å². The first kappa shape index (κ1) is 16.2. The lowest BCUT2D eigenvalue weighted by atomic mass is 10.2. The first-order chi connectivity index (χ1) is 9.12. The fourth-order valence-corrected chi connectivity index (χ4v) is 1.46. The maximum atomic E-state index is 12.0. The van der Waals surface area contributed by atoms with E-state index in [1.807, 2.05) is 5.32 Å². The number of nitrogens with zero attached hydrogens (tertiary/aromatic N) is 1. The van der Waals surface area contributed by atoms with Gasteiger partial charge >= 0.3 is 6.18 Å². The number of halogens is 4. The molecule has 0 aliphatic heterocycles. The third-order valence-electron chi connectivity index (χ3n) is 2.24. The second-order valence-electron chi connectivity index (χ2n) is 3.69. The number of hydrogen-bond donors (Lipinski definition) is 2. The molecule has 1 aromatic rings. The fourth-order valence-electron chi connectivity index (χ4n) is 1.20. The molecule has 0 bridgehead atoms. The van der Waals surface area contributed by atoms with E-state index >= 15 is 0 Å². The van der Waals surface area contributed by atoms with Crippen LogP contribution in [0.15, 0.2) is 18.2 Å². The molecule has 0 aliphatic carbocycles. The van der Waals surface area contributed by atoms with Gasteiger partial charge in [-0.2, -0.15) is 13.2 Å². The summed E-state index contributed by atoms with van der Waals surface area (Å²) in [5, 5.41) is 20.7. The molecule has 0 saturated heterocycles. The number of carbonyl (C=O) groups excluding carboxylic acids is 1. The van der Waals surface area contributed by atoms with Crippen LogP contribution < -0.4 is 5.32 Å². The molecule has 10 heteroatoms. The zero-order chi connectivity index (χ0) is 15.5. The van der Waals surface area contributed by atoms with Crippen LogP contribution in [0, 0.1) is 10.1 Å². The Kier molecular flexibility index (Phi) is 4.90. The topological polar surface area (TPSA) is 92.5 Å². The second kappa shape index (κ2) is 6.06. The Morgan fingerprint density at radius 3 is 2.55 bits per heavy atom. The molecular weight excluding hydrogens is 305 g/mol. The molecule has 0 fully saturated rings. The van der Waals surface area contributed by atoms with Gasteiger partial charge in [0.15, 0.2) is 6.10 Å². The molecule has 0 aliphatic rings. The Morgan fingerprint density at radius 1 is 1.50 bits per heavy atom. The summed E-state index contributed by atoms with van der Waals surface area (Å²) in [6, 6.07) is 2.90. The van der Waals surface area contributed by atoms with Gasteiger partial charge < -0.3 is 10.4 Å². The minimum Gasteiger partial charge on any atom is -0.382 e. The fraction of sp³-hybridized carbons (Fsp3) is 0.300. The summed E-state index contributed by atoms with van der Waals surface area (Å²) in [4.78, 5) is 21.2. The number of benzene rings is 1. The summed E-state index contributed by atoms with van der Waals surface area (Å²) in [5.74, 6) is -0.979. The van der Waals surface area contributed by atoms with E-state index in [1.165, 1.54) is 0 Å². The number of aliphatic hydroxyl groups excluding tert-OH is 1. The van der Waals surface area contributed by atoms with Crippen molar-refractivity contribution < 1.29 is 28.0 Å². The molecule has 0 spiro atoms. The largest absolute Gasteiger partial charge is 0.416 e. The molecular formula is C10H8ClF3N2O4. The number of carbonyl (C=O) groups is 1. The normalized spacial score (nSPS) is 12.8. The molecule has 2 N–H and O–H groups in total. The first-order valence-corrected chi connectivity index (χ1v) is 5.47. The van der Waals surface area contributed by atoms with Gasteiger partial charge in [-0.1, -0.05) is 11.6 Å². The number of nitrogens with one attached hydrogen (secondary N) is 1. The highest BCUT2D eigenvalue weighted by Crippen LogP contribution is 2.23. The van der Waals surface area contributed by atoms with Gasteiger partial charge in [0, 0.05) is 12.1 Å². The molecule has 0 saturated carbocycles. The van der Waals surface area contributed by atoms with Crippen LogP contribution in [0.5, 0.6) is 0 Å².